The van der Waals surface area contributed by atoms with E-state index in [0.717, 1.165) is 12.2 Å². The largest absolute Gasteiger partial charge is 0.324 e. The van der Waals surface area contributed by atoms with Gasteiger partial charge < -0.3 is 11.1 Å². The quantitative estimate of drug-likeness (QED) is 0.738. The lowest BCUT2D eigenvalue weighted by molar-refractivity contribution is -0.118. The molecule has 1 aromatic heterocycles. The second kappa shape index (κ2) is 4.49. The van der Waals surface area contributed by atoms with Crippen LogP contribution in [0.2, 0.25) is 0 Å². The number of carbonyl (C=O) groups excluding carboxylic acids is 1. The topological polar surface area (TPSA) is 72.9 Å². The lowest BCUT2D eigenvalue weighted by atomic mass is 10.1. The SMILES string of the molecule is CCn1cc(NC(=O)C2C=CC(N)C2)cn1. The number of aromatic nitrogens is 2. The highest BCUT2D eigenvalue weighted by atomic mass is 16.1. The van der Waals surface area contributed by atoms with Gasteiger partial charge in [-0.2, -0.15) is 5.10 Å². The Bertz CT molecular complexity index is 410. The third-order valence-corrected chi connectivity index (χ3v) is 2.68. The van der Waals surface area contributed by atoms with Gasteiger partial charge in [0.05, 0.1) is 17.8 Å². The van der Waals surface area contributed by atoms with Gasteiger partial charge in [0.25, 0.3) is 0 Å². The number of anilines is 1. The summed E-state index contributed by atoms with van der Waals surface area (Å²) in [6.45, 7) is 2.79. The van der Waals surface area contributed by atoms with Crippen LogP contribution >= 0.6 is 0 Å². The van der Waals surface area contributed by atoms with Gasteiger partial charge in [-0.25, -0.2) is 0 Å². The molecule has 0 fully saturated rings. The van der Waals surface area contributed by atoms with Gasteiger partial charge in [0.2, 0.25) is 5.91 Å². The molecule has 2 atom stereocenters. The minimum absolute atomic E-state index is 0.00844. The molecule has 0 saturated heterocycles. The van der Waals surface area contributed by atoms with E-state index in [4.69, 9.17) is 5.73 Å². The van der Waals surface area contributed by atoms with E-state index in [0.29, 0.717) is 6.42 Å². The van der Waals surface area contributed by atoms with Crippen molar-refractivity contribution in [3.05, 3.63) is 24.5 Å². The summed E-state index contributed by atoms with van der Waals surface area (Å²) in [6, 6.07) is 0.00844. The zero-order valence-corrected chi connectivity index (χ0v) is 9.26. The summed E-state index contributed by atoms with van der Waals surface area (Å²) in [6.07, 6.45) is 7.90. The fraction of sp³-hybridized carbons (Fsp3) is 0.455. The molecule has 2 rings (SSSR count). The molecule has 0 bridgehead atoms. The highest BCUT2D eigenvalue weighted by Crippen LogP contribution is 2.18. The first-order valence-electron chi connectivity index (χ1n) is 5.46. The smallest absolute Gasteiger partial charge is 0.231 e. The Labute approximate surface area is 94.3 Å². The Morgan fingerprint density at radius 2 is 2.50 bits per heavy atom. The van der Waals surface area contributed by atoms with Crippen molar-refractivity contribution in [1.29, 1.82) is 0 Å². The maximum atomic E-state index is 11.8. The Kier molecular flexibility index (Phi) is 3.05. The van der Waals surface area contributed by atoms with Crippen LogP contribution in [0.15, 0.2) is 24.5 Å². The molecule has 2 unspecified atom stereocenters. The third-order valence-electron chi connectivity index (χ3n) is 2.68. The van der Waals surface area contributed by atoms with Crippen LogP contribution in [0.1, 0.15) is 13.3 Å². The summed E-state index contributed by atoms with van der Waals surface area (Å²) in [5.41, 5.74) is 6.44. The second-order valence-electron chi connectivity index (χ2n) is 3.96. The van der Waals surface area contributed by atoms with Gasteiger partial charge in [-0.1, -0.05) is 12.2 Å². The van der Waals surface area contributed by atoms with Crippen molar-refractivity contribution >= 4 is 11.6 Å². The number of rotatable bonds is 3. The van der Waals surface area contributed by atoms with Crippen molar-refractivity contribution in [3.8, 4) is 0 Å². The minimum Gasteiger partial charge on any atom is -0.324 e. The molecule has 1 aliphatic carbocycles. The Morgan fingerprint density at radius 1 is 1.69 bits per heavy atom. The van der Waals surface area contributed by atoms with Gasteiger partial charge in [-0.15, -0.1) is 0 Å². The van der Waals surface area contributed by atoms with E-state index in [-0.39, 0.29) is 17.9 Å². The van der Waals surface area contributed by atoms with Crippen LogP contribution in [0.5, 0.6) is 0 Å². The van der Waals surface area contributed by atoms with E-state index in [2.05, 4.69) is 10.4 Å². The summed E-state index contributed by atoms with van der Waals surface area (Å²) in [4.78, 5) is 11.8. The predicted octanol–water partition coefficient (Wildman–Crippen LogP) is 0.745. The average Bonchev–Trinajstić information content (AvgIpc) is 2.87. The summed E-state index contributed by atoms with van der Waals surface area (Å²) in [5.74, 6) is -0.125. The number of nitrogens with one attached hydrogen (secondary N) is 1. The molecule has 1 aromatic rings. The van der Waals surface area contributed by atoms with Crippen LogP contribution in [0.4, 0.5) is 5.69 Å². The maximum absolute atomic E-state index is 11.8. The standard InChI is InChI=1S/C11H16N4O/c1-2-15-7-10(6-13-15)14-11(16)8-3-4-9(12)5-8/h3-4,6-9H,2,5,12H2,1H3,(H,14,16). The Balaban J connectivity index is 1.94. The first-order valence-corrected chi connectivity index (χ1v) is 5.46. The lowest BCUT2D eigenvalue weighted by Crippen LogP contribution is -2.23. The van der Waals surface area contributed by atoms with E-state index < -0.39 is 0 Å². The van der Waals surface area contributed by atoms with Gasteiger partial charge >= 0.3 is 0 Å². The molecule has 0 saturated carbocycles. The van der Waals surface area contributed by atoms with E-state index in [9.17, 15) is 4.79 Å². The highest BCUT2D eigenvalue weighted by molar-refractivity contribution is 5.93. The molecule has 0 aliphatic heterocycles. The van der Waals surface area contributed by atoms with Crippen molar-refractivity contribution in [2.45, 2.75) is 25.9 Å². The molecule has 16 heavy (non-hydrogen) atoms. The average molecular weight is 220 g/mol. The normalized spacial score (nSPS) is 23.6. The van der Waals surface area contributed by atoms with Crippen LogP contribution < -0.4 is 11.1 Å². The highest BCUT2D eigenvalue weighted by Gasteiger charge is 2.22. The molecule has 1 heterocycles. The molecule has 5 nitrogen and oxygen atoms in total. The molecule has 0 spiro atoms. The number of carbonyl (C=O) groups is 1. The van der Waals surface area contributed by atoms with Gasteiger partial charge in [0.1, 0.15) is 0 Å². The van der Waals surface area contributed by atoms with E-state index in [1.54, 1.807) is 10.9 Å². The van der Waals surface area contributed by atoms with Crippen LogP contribution in [-0.2, 0) is 11.3 Å². The Morgan fingerprint density at radius 3 is 3.06 bits per heavy atom. The number of nitrogens with zero attached hydrogens (tertiary/aromatic N) is 2. The lowest BCUT2D eigenvalue weighted by Gasteiger charge is -2.08. The number of amides is 1. The van der Waals surface area contributed by atoms with Crippen molar-refractivity contribution in [3.63, 3.8) is 0 Å². The van der Waals surface area contributed by atoms with Crippen LogP contribution in [0.25, 0.3) is 0 Å². The van der Waals surface area contributed by atoms with Gasteiger partial charge in [-0.05, 0) is 13.3 Å². The van der Waals surface area contributed by atoms with Crippen molar-refractivity contribution in [1.82, 2.24) is 9.78 Å². The third kappa shape index (κ3) is 2.30. The van der Waals surface area contributed by atoms with Crippen LogP contribution in [0, 0.1) is 5.92 Å². The molecule has 0 aromatic carbocycles. The molecule has 5 heteroatoms. The van der Waals surface area contributed by atoms with Gasteiger partial charge in [-0.3, -0.25) is 9.48 Å². The van der Waals surface area contributed by atoms with Gasteiger partial charge in [0.15, 0.2) is 0 Å². The number of nitrogens with two attached hydrogens (primary N) is 1. The van der Waals surface area contributed by atoms with E-state index >= 15 is 0 Å². The molecule has 1 amide bonds. The van der Waals surface area contributed by atoms with Crippen LogP contribution in [-0.4, -0.2) is 21.7 Å². The second-order valence-corrected chi connectivity index (χ2v) is 3.96. The first kappa shape index (κ1) is 10.9. The summed E-state index contributed by atoms with van der Waals surface area (Å²) in [5, 5.41) is 6.92. The zero-order valence-electron chi connectivity index (χ0n) is 9.26. The van der Waals surface area contributed by atoms with Crippen molar-refractivity contribution in [2.24, 2.45) is 11.7 Å². The van der Waals surface area contributed by atoms with E-state index in [1.807, 2.05) is 25.3 Å². The summed E-state index contributed by atoms with van der Waals surface area (Å²) < 4.78 is 1.77. The van der Waals surface area contributed by atoms with Crippen molar-refractivity contribution < 1.29 is 4.79 Å². The summed E-state index contributed by atoms with van der Waals surface area (Å²) in [7, 11) is 0. The summed E-state index contributed by atoms with van der Waals surface area (Å²) >= 11 is 0. The monoisotopic (exact) mass is 220 g/mol. The van der Waals surface area contributed by atoms with Crippen molar-refractivity contribution in [2.75, 3.05) is 5.32 Å². The molecule has 86 valence electrons. The fourth-order valence-electron chi connectivity index (χ4n) is 1.76. The van der Waals surface area contributed by atoms with E-state index in [1.165, 1.54) is 0 Å². The number of aryl methyl sites for hydroxylation is 1. The molecule has 0 radical (unpaired) electrons. The van der Waals surface area contributed by atoms with Gasteiger partial charge in [0, 0.05) is 18.8 Å². The molecular weight excluding hydrogens is 204 g/mol. The zero-order chi connectivity index (χ0) is 11.5. The maximum Gasteiger partial charge on any atom is 0.231 e. The molecule has 3 N–H and O–H groups in total. The fourth-order valence-corrected chi connectivity index (χ4v) is 1.76. The number of hydrogen-bond acceptors (Lipinski definition) is 3. The predicted molar refractivity (Wildman–Crippen MR) is 61.8 cm³/mol. The molecular formula is C11H16N4O. The Hall–Kier alpha value is -1.62. The molecule has 1 aliphatic rings. The first-order chi connectivity index (χ1) is 7.69. The minimum atomic E-state index is -0.111. The number of hydrogen-bond donors (Lipinski definition) is 2. The van der Waals surface area contributed by atoms with Crippen LogP contribution in [0.3, 0.4) is 0 Å².